The van der Waals surface area contributed by atoms with E-state index in [1.165, 1.54) is 32.5 Å². The molecular weight excluding hydrogens is 375 g/mol. The molecule has 1 aliphatic heterocycles. The van der Waals surface area contributed by atoms with Crippen molar-refractivity contribution in [3.63, 3.8) is 0 Å². The number of nitrogens with zero attached hydrogens (tertiary/aromatic N) is 3. The molecule has 2 atom stereocenters. The minimum Gasteiger partial charge on any atom is -0.494 e. The fraction of sp³-hybridized carbons (Fsp3) is 0.333. The summed E-state index contributed by atoms with van der Waals surface area (Å²) < 4.78 is 48.1. The molecule has 2 heterocycles. The largest absolute Gasteiger partial charge is 0.494 e. The van der Waals surface area contributed by atoms with Gasteiger partial charge in [0.2, 0.25) is 5.82 Å². The average Bonchev–Trinajstić information content (AvgIpc) is 2.66. The van der Waals surface area contributed by atoms with Crippen molar-refractivity contribution >= 4 is 17.4 Å². The maximum Gasteiger partial charge on any atom is 0.293 e. The molecule has 0 aliphatic carbocycles. The number of nitrogens with two attached hydrogens (primary N) is 1. The van der Waals surface area contributed by atoms with Crippen LogP contribution in [-0.2, 0) is 0 Å². The van der Waals surface area contributed by atoms with Gasteiger partial charge in [0.05, 0.1) is 25.3 Å². The number of nitrogens with one attached hydrogen (secondary N) is 1. The Labute approximate surface area is 158 Å². The van der Waals surface area contributed by atoms with Gasteiger partial charge in [-0.25, -0.2) is 23.1 Å². The van der Waals surface area contributed by atoms with E-state index in [4.69, 9.17) is 10.5 Å². The lowest BCUT2D eigenvalue weighted by atomic mass is 9.89. The van der Waals surface area contributed by atoms with E-state index in [2.05, 4.69) is 20.3 Å². The summed E-state index contributed by atoms with van der Waals surface area (Å²) >= 11 is 0. The van der Waals surface area contributed by atoms with E-state index in [0.29, 0.717) is 5.75 Å². The lowest BCUT2D eigenvalue weighted by Gasteiger charge is -2.32. The van der Waals surface area contributed by atoms with Gasteiger partial charge in [-0.2, -0.15) is 0 Å². The molecular formula is C18H18F3N5O2. The fourth-order valence-electron chi connectivity index (χ4n) is 2.85. The number of carbonyl (C=O) groups excluding carboxylic acids is 1. The second-order valence-corrected chi connectivity index (χ2v) is 6.46. The van der Waals surface area contributed by atoms with Crippen molar-refractivity contribution in [2.24, 2.45) is 16.6 Å². The third-order valence-electron chi connectivity index (χ3n) is 4.38. The summed E-state index contributed by atoms with van der Waals surface area (Å²) in [6.45, 7) is 1.53. The predicted octanol–water partition coefficient (Wildman–Crippen LogP) is 2.95. The molecule has 1 amide bonds. The Morgan fingerprint density at radius 3 is 2.64 bits per heavy atom. The Balaban J connectivity index is 1.88. The van der Waals surface area contributed by atoms with Crippen molar-refractivity contribution in [2.45, 2.75) is 25.3 Å². The summed E-state index contributed by atoms with van der Waals surface area (Å²) in [7, 11) is 1.43. The maximum atomic E-state index is 14.4. The SMILES string of the molecule is COc1cnc(C(=O)Nc2ccc(F)c(C3N=C(N)C(C)CC3(F)F)c2)nc1. The average molecular weight is 393 g/mol. The van der Waals surface area contributed by atoms with Crippen LogP contribution in [0.15, 0.2) is 35.6 Å². The molecule has 3 N–H and O–H groups in total. The Morgan fingerprint density at radius 1 is 1.32 bits per heavy atom. The van der Waals surface area contributed by atoms with Crippen LogP contribution in [0, 0.1) is 11.7 Å². The molecule has 3 rings (SSSR count). The van der Waals surface area contributed by atoms with Gasteiger partial charge in [0, 0.05) is 23.6 Å². The van der Waals surface area contributed by atoms with Gasteiger partial charge in [-0.3, -0.25) is 9.79 Å². The lowest BCUT2D eigenvalue weighted by Crippen LogP contribution is -2.39. The number of rotatable bonds is 4. The Hall–Kier alpha value is -3.17. The van der Waals surface area contributed by atoms with E-state index >= 15 is 0 Å². The first-order valence-electron chi connectivity index (χ1n) is 8.39. The van der Waals surface area contributed by atoms with Gasteiger partial charge in [0.25, 0.3) is 11.8 Å². The highest BCUT2D eigenvalue weighted by atomic mass is 19.3. The molecule has 0 saturated carbocycles. The maximum absolute atomic E-state index is 14.4. The van der Waals surface area contributed by atoms with Crippen molar-refractivity contribution in [3.8, 4) is 5.75 Å². The summed E-state index contributed by atoms with van der Waals surface area (Å²) in [6.07, 6.45) is 2.07. The first kappa shape index (κ1) is 19.6. The van der Waals surface area contributed by atoms with Crippen LogP contribution in [0.3, 0.4) is 0 Å². The minimum absolute atomic E-state index is 0.0383. The van der Waals surface area contributed by atoms with E-state index in [-0.39, 0.29) is 22.9 Å². The zero-order valence-corrected chi connectivity index (χ0v) is 15.1. The van der Waals surface area contributed by atoms with Crippen molar-refractivity contribution in [3.05, 3.63) is 47.8 Å². The number of hydrogen-bond acceptors (Lipinski definition) is 6. The number of methoxy groups -OCH3 is 1. The third-order valence-corrected chi connectivity index (χ3v) is 4.38. The van der Waals surface area contributed by atoms with Crippen LogP contribution in [0.4, 0.5) is 18.9 Å². The van der Waals surface area contributed by atoms with Crippen LogP contribution in [0.25, 0.3) is 0 Å². The van der Waals surface area contributed by atoms with Crippen LogP contribution in [0.2, 0.25) is 0 Å². The topological polar surface area (TPSA) is 102 Å². The van der Waals surface area contributed by atoms with Crippen LogP contribution < -0.4 is 15.8 Å². The molecule has 1 aliphatic rings. The summed E-state index contributed by atoms with van der Waals surface area (Å²) in [5, 5.41) is 2.45. The molecule has 0 bridgehead atoms. The van der Waals surface area contributed by atoms with E-state index in [9.17, 15) is 18.0 Å². The number of anilines is 1. The van der Waals surface area contributed by atoms with Crippen LogP contribution in [0.5, 0.6) is 5.75 Å². The fourth-order valence-corrected chi connectivity index (χ4v) is 2.85. The third kappa shape index (κ3) is 3.90. The Morgan fingerprint density at radius 2 is 2.00 bits per heavy atom. The molecule has 1 aromatic carbocycles. The first-order chi connectivity index (χ1) is 13.2. The van der Waals surface area contributed by atoms with Crippen molar-refractivity contribution in [2.75, 3.05) is 12.4 Å². The Kier molecular flexibility index (Phi) is 5.21. The van der Waals surface area contributed by atoms with E-state index < -0.39 is 36.0 Å². The lowest BCUT2D eigenvalue weighted by molar-refractivity contribution is -0.0462. The van der Waals surface area contributed by atoms with E-state index in [1.807, 2.05) is 0 Å². The summed E-state index contributed by atoms with van der Waals surface area (Å²) in [4.78, 5) is 23.7. The zero-order chi connectivity index (χ0) is 20.5. The van der Waals surface area contributed by atoms with Gasteiger partial charge in [-0.05, 0) is 18.2 Å². The van der Waals surface area contributed by atoms with Crippen molar-refractivity contribution in [1.82, 2.24) is 9.97 Å². The van der Waals surface area contributed by atoms with Gasteiger partial charge >= 0.3 is 0 Å². The normalized spacial score (nSPS) is 21.0. The number of benzene rings is 1. The van der Waals surface area contributed by atoms with Gasteiger partial charge in [0.1, 0.15) is 11.9 Å². The molecule has 0 fully saturated rings. The number of halogens is 3. The molecule has 0 radical (unpaired) electrons. The predicted molar refractivity (Wildman–Crippen MR) is 96.0 cm³/mol. The number of ether oxygens (including phenoxy) is 1. The van der Waals surface area contributed by atoms with E-state index in [0.717, 1.165) is 12.1 Å². The van der Waals surface area contributed by atoms with Crippen LogP contribution in [-0.4, -0.2) is 34.7 Å². The Bertz CT molecular complexity index is 918. The quantitative estimate of drug-likeness (QED) is 0.832. The number of hydrogen-bond donors (Lipinski definition) is 2. The molecule has 0 spiro atoms. The smallest absolute Gasteiger partial charge is 0.293 e. The van der Waals surface area contributed by atoms with E-state index in [1.54, 1.807) is 0 Å². The minimum atomic E-state index is -3.27. The molecule has 1 aromatic heterocycles. The molecule has 2 aromatic rings. The van der Waals surface area contributed by atoms with Crippen molar-refractivity contribution < 1.29 is 22.7 Å². The summed E-state index contributed by atoms with van der Waals surface area (Å²) in [5.74, 6) is -5.19. The number of alkyl halides is 2. The van der Waals surface area contributed by atoms with Crippen molar-refractivity contribution in [1.29, 1.82) is 0 Å². The zero-order valence-electron chi connectivity index (χ0n) is 15.1. The summed E-state index contributed by atoms with van der Waals surface area (Å²) in [5.41, 5.74) is 5.44. The number of aromatic nitrogens is 2. The number of aliphatic imine (C=N–C) groups is 1. The highest BCUT2D eigenvalue weighted by molar-refractivity contribution is 6.01. The highest BCUT2D eigenvalue weighted by Gasteiger charge is 2.46. The second kappa shape index (κ2) is 7.45. The molecule has 10 heteroatoms. The van der Waals surface area contributed by atoms with Gasteiger partial charge in [0.15, 0.2) is 5.75 Å². The van der Waals surface area contributed by atoms with Gasteiger partial charge in [-0.1, -0.05) is 6.92 Å². The number of amidine groups is 1. The summed E-state index contributed by atoms with van der Waals surface area (Å²) in [6, 6.07) is 1.58. The molecule has 0 saturated heterocycles. The van der Waals surface area contributed by atoms with Crippen LogP contribution in [0.1, 0.15) is 35.6 Å². The highest BCUT2D eigenvalue weighted by Crippen LogP contribution is 2.44. The van der Waals surface area contributed by atoms with Gasteiger partial charge < -0.3 is 15.8 Å². The number of carbonyl (C=O) groups is 1. The molecule has 28 heavy (non-hydrogen) atoms. The number of amides is 1. The first-order valence-corrected chi connectivity index (χ1v) is 8.39. The second-order valence-electron chi connectivity index (χ2n) is 6.46. The monoisotopic (exact) mass is 393 g/mol. The molecule has 148 valence electrons. The standard InChI is InChI=1S/C18H18F3N5O2/c1-9-6-18(20,21)14(26-15(9)22)12-5-10(3-4-13(12)19)25-17(27)16-23-7-11(28-2)8-24-16/h3-5,7-9,14H,6H2,1-2H3,(H2,22,26)(H,25,27). The van der Waals surface area contributed by atoms with Gasteiger partial charge in [-0.15, -0.1) is 0 Å². The van der Waals surface area contributed by atoms with Crippen LogP contribution >= 0.6 is 0 Å². The molecule has 7 nitrogen and oxygen atoms in total. The molecule has 2 unspecified atom stereocenters.